The Morgan fingerprint density at radius 2 is 0.861 bits per heavy atom. The van der Waals surface area contributed by atoms with E-state index in [-0.39, 0.29) is 148 Å². The molecule has 5 aliphatic rings. The Labute approximate surface area is 668 Å². The standard InChI is InChI=1S/C20H24F2N2O3S.C19H25ClN4O3S.C19H22F4N4O3S.C19H24FN3O4S/c1-14-11-16(12-23-14)20(25)24(13-17-18(21)3-2-4-19(17)22)8-5-15-6-9-28(26,27)10-7-15;1-13-10-18(23-22-13)19(25)24(12-15-11-16(21)2-3-17(15)20)7-4-14-5-8-28(26,27)9-6-14;20-14-2-1-3-15(24)13(14)11-27(7-4-12-5-8-31(29,30)9-6-12)18(28)16-10-17(26-25-16)19(21,22)23;1-13-10-18(22-21-13)19(25)23(12-15-2-3-16(24)11-17(15)20)7-4-14-5-8-28(26,27)9-6-14/h2-4,11,15H,5-10,12-13H2,1H3;2-3,10-11,14H,4-9,12,21H2,1H3,(H,22,23);1-3,10,12H,4-9,11,24H2,(H,25,26);2-3,10-11,14,24H,4-9,12H2,1H3,(H,21,22). The van der Waals surface area contributed by atoms with E-state index in [2.05, 4.69) is 30.5 Å². The number of allylic oxidation sites excluding steroid dienone is 1. The number of hydrogen-bond donors (Lipinski definition) is 6. The predicted octanol–water partition coefficient (Wildman–Crippen LogP) is 11.1. The van der Waals surface area contributed by atoms with Gasteiger partial charge in [0.1, 0.15) is 85.4 Å². The van der Waals surface area contributed by atoms with Crippen molar-refractivity contribution in [2.24, 2.45) is 28.7 Å². The van der Waals surface area contributed by atoms with Crippen molar-refractivity contribution in [1.29, 1.82) is 0 Å². The molecule has 0 bridgehead atoms. The maximum Gasteiger partial charge on any atom is 0.432 e. The summed E-state index contributed by atoms with van der Waals surface area (Å²) in [5.74, 6) is -2.42. The molecule has 4 amide bonds. The van der Waals surface area contributed by atoms with Crippen LogP contribution in [-0.4, -0.2) is 197 Å². The molecule has 4 fully saturated rings. The number of carbonyl (C=O) groups excluding carboxylic acids is 4. The summed E-state index contributed by atoms with van der Waals surface area (Å²) in [6.45, 7) is 6.90. The van der Waals surface area contributed by atoms with Gasteiger partial charge in [-0.2, -0.15) is 28.5 Å². The molecular formula is C77H95ClF7N13O13S4. The molecule has 0 saturated carbocycles. The van der Waals surface area contributed by atoms with Crippen molar-refractivity contribution in [3.8, 4) is 5.75 Å². The van der Waals surface area contributed by atoms with E-state index in [0.717, 1.165) is 35.2 Å². The fourth-order valence-electron chi connectivity index (χ4n) is 13.9. The van der Waals surface area contributed by atoms with Gasteiger partial charge < -0.3 is 36.2 Å². The number of alkyl halides is 3. The zero-order valence-corrected chi connectivity index (χ0v) is 67.8. The van der Waals surface area contributed by atoms with Crippen LogP contribution in [0.4, 0.5) is 42.1 Å². The minimum absolute atomic E-state index is 0.0294. The molecule has 12 rings (SSSR count). The number of nitrogen functional groups attached to an aromatic ring is 2. The first-order valence-corrected chi connectivity index (χ1v) is 45.2. The molecule has 5 aliphatic heterocycles. The fraction of sp³-hybridized carbons (Fsp3) is 0.481. The summed E-state index contributed by atoms with van der Waals surface area (Å²) in [6, 6.07) is 20.7. The fourth-order valence-corrected chi connectivity index (χ4v) is 20.4. The maximum atomic E-state index is 14.3. The first-order chi connectivity index (χ1) is 54.2. The zero-order chi connectivity index (χ0) is 83.7. The monoisotopic (exact) mass is 1710 g/mol. The lowest BCUT2D eigenvalue weighted by molar-refractivity contribution is -0.141. The highest BCUT2D eigenvalue weighted by molar-refractivity contribution is 7.92. The van der Waals surface area contributed by atoms with E-state index < -0.39 is 86.1 Å². The van der Waals surface area contributed by atoms with Crippen LogP contribution in [0.2, 0.25) is 5.02 Å². The van der Waals surface area contributed by atoms with Gasteiger partial charge >= 0.3 is 6.18 Å². The normalized spacial score (nSPS) is 17.4. The highest BCUT2D eigenvalue weighted by atomic mass is 35.5. The molecule has 0 spiro atoms. The molecule has 0 unspecified atom stereocenters. The van der Waals surface area contributed by atoms with E-state index in [9.17, 15) is 88.7 Å². The maximum absolute atomic E-state index is 14.3. The van der Waals surface area contributed by atoms with Gasteiger partial charge in [-0.1, -0.05) is 29.8 Å². The largest absolute Gasteiger partial charge is 0.508 e. The number of hydrogen-bond acceptors (Lipinski definition) is 19. The van der Waals surface area contributed by atoms with Crippen molar-refractivity contribution in [1.82, 2.24) is 50.2 Å². The number of rotatable bonds is 24. The van der Waals surface area contributed by atoms with Gasteiger partial charge in [-0.15, -0.1) is 0 Å². The third-order valence-electron chi connectivity index (χ3n) is 20.9. The number of halogens is 8. The second-order valence-corrected chi connectivity index (χ2v) is 39.4. The Balaban J connectivity index is 0.000000176. The molecule has 115 heavy (non-hydrogen) atoms. The van der Waals surface area contributed by atoms with Crippen molar-refractivity contribution < 1.29 is 88.7 Å². The van der Waals surface area contributed by atoms with Crippen molar-refractivity contribution in [2.45, 2.75) is 130 Å². The summed E-state index contributed by atoms with van der Waals surface area (Å²) in [7, 11) is -11.8. The summed E-state index contributed by atoms with van der Waals surface area (Å²) >= 11 is 6.29. The van der Waals surface area contributed by atoms with E-state index in [1.54, 1.807) is 60.3 Å². The van der Waals surface area contributed by atoms with Crippen molar-refractivity contribution >= 4 is 91.7 Å². The summed E-state index contributed by atoms with van der Waals surface area (Å²) in [4.78, 5) is 61.8. The van der Waals surface area contributed by atoms with Gasteiger partial charge in [-0.3, -0.25) is 39.5 Å². The SMILES string of the molecule is CC1=NCC(C(=O)N(CCC2CCS(=O)(=O)CC2)Cc2c(F)cccc2F)=C1.Cc1cc(C(=O)N(CCC2CCS(=O)(=O)CC2)Cc2cc(N)ccc2Cl)n[nH]1.Cc1cc(C(=O)N(CCC2CCS(=O)(=O)CC2)Cc2ccc(O)cc2F)n[nH]1.Nc1cccc(F)c1CN(CCC1CCS(=O)(=O)CC1)C(=O)c1cc(C(F)(F)F)[nH]n1. The first kappa shape index (κ1) is 89.7. The Kier molecular flexibility index (Phi) is 30.9. The van der Waals surface area contributed by atoms with Crippen LogP contribution in [0.3, 0.4) is 0 Å². The topological polar surface area (TPSA) is 388 Å². The van der Waals surface area contributed by atoms with Crippen LogP contribution in [0.1, 0.15) is 155 Å². The number of nitrogens with two attached hydrogens (primary N) is 2. The number of aryl methyl sites for hydroxylation is 2. The Hall–Kier alpha value is -9.20. The van der Waals surface area contributed by atoms with Crippen LogP contribution in [0.25, 0.3) is 0 Å². The summed E-state index contributed by atoms with van der Waals surface area (Å²) in [5, 5.41) is 28.8. The number of nitrogens with one attached hydrogen (secondary N) is 3. The molecule has 8 N–H and O–H groups in total. The van der Waals surface area contributed by atoms with E-state index in [1.165, 1.54) is 63.2 Å². The van der Waals surface area contributed by atoms with E-state index in [0.29, 0.717) is 130 Å². The van der Waals surface area contributed by atoms with Crippen LogP contribution >= 0.6 is 11.6 Å². The molecule has 0 radical (unpaired) electrons. The van der Waals surface area contributed by atoms with Crippen molar-refractivity contribution in [2.75, 3.05) is 90.2 Å². The van der Waals surface area contributed by atoms with Gasteiger partial charge in [0.25, 0.3) is 23.6 Å². The Morgan fingerprint density at radius 3 is 1.24 bits per heavy atom. The molecule has 26 nitrogen and oxygen atoms in total. The van der Waals surface area contributed by atoms with E-state index >= 15 is 0 Å². The zero-order valence-electron chi connectivity index (χ0n) is 63.8. The highest BCUT2D eigenvalue weighted by Gasteiger charge is 2.36. The number of phenolic OH excluding ortho intramolecular Hbond substituents is 1. The van der Waals surface area contributed by atoms with Crippen molar-refractivity contribution in [3.05, 3.63) is 187 Å². The molecule has 4 aromatic carbocycles. The summed E-state index contributed by atoms with van der Waals surface area (Å²) in [6.07, 6.45) is 3.85. The van der Waals surface area contributed by atoms with Crippen LogP contribution in [-0.2, 0) is 76.5 Å². The minimum Gasteiger partial charge on any atom is -0.508 e. The molecule has 0 aliphatic carbocycles. The lowest BCUT2D eigenvalue weighted by Crippen LogP contribution is -2.35. The lowest BCUT2D eigenvalue weighted by Gasteiger charge is -2.28. The van der Waals surface area contributed by atoms with Gasteiger partial charge in [0.15, 0.2) is 5.69 Å². The highest BCUT2D eigenvalue weighted by Crippen LogP contribution is 2.33. The summed E-state index contributed by atoms with van der Waals surface area (Å²) in [5.41, 5.74) is 15.2. The number of sulfone groups is 4. The third-order valence-corrected chi connectivity index (χ3v) is 28.2. The smallest absolute Gasteiger partial charge is 0.432 e. The van der Waals surface area contributed by atoms with Gasteiger partial charge in [0.2, 0.25) is 0 Å². The number of aromatic amines is 3. The van der Waals surface area contributed by atoms with Crippen LogP contribution < -0.4 is 11.5 Å². The van der Waals surface area contributed by atoms with Crippen LogP contribution in [0.5, 0.6) is 5.75 Å². The first-order valence-electron chi connectivity index (χ1n) is 37.5. The van der Waals surface area contributed by atoms with Gasteiger partial charge in [0, 0.05) is 107 Å². The second kappa shape index (κ2) is 39.6. The molecular weight excluding hydrogens is 1610 g/mol. The average Bonchev–Trinajstić information content (AvgIpc) is 1.74. The quantitative estimate of drug-likeness (QED) is 0.0242. The Bertz CT molecular complexity index is 5070. The number of amides is 4. The number of nitrogens with zero attached hydrogens (tertiary/aromatic N) is 8. The number of aromatic hydroxyl groups is 1. The van der Waals surface area contributed by atoms with Gasteiger partial charge in [-0.25, -0.2) is 51.2 Å². The number of aromatic nitrogens is 6. The molecule has 626 valence electrons. The second-order valence-electron chi connectivity index (χ2n) is 29.7. The predicted molar refractivity (Wildman–Crippen MR) is 421 cm³/mol. The van der Waals surface area contributed by atoms with E-state index in [4.69, 9.17) is 23.1 Å². The molecule has 3 aromatic heterocycles. The minimum atomic E-state index is -4.69. The molecule has 4 saturated heterocycles. The molecule has 7 aromatic rings. The molecule has 0 atom stereocenters. The van der Waals surface area contributed by atoms with Gasteiger partial charge in [-0.05, 0) is 194 Å². The number of phenols is 1. The number of benzene rings is 4. The number of carbonyl (C=O) groups is 4. The summed E-state index contributed by atoms with van der Waals surface area (Å²) < 4.78 is 188. The third kappa shape index (κ3) is 26.9. The number of aliphatic imine (C=N–C) groups is 1. The lowest BCUT2D eigenvalue weighted by atomic mass is 9.98. The number of H-pyrrole nitrogens is 3. The Morgan fingerprint density at radius 1 is 0.478 bits per heavy atom. The van der Waals surface area contributed by atoms with Gasteiger partial charge in [0.05, 0.1) is 65.7 Å². The molecule has 8 heterocycles. The average molecular weight is 1710 g/mol. The van der Waals surface area contributed by atoms with Crippen LogP contribution in [0.15, 0.2) is 108 Å². The van der Waals surface area contributed by atoms with Crippen LogP contribution in [0, 0.1) is 60.8 Å². The molecule has 38 heteroatoms. The van der Waals surface area contributed by atoms with E-state index in [1.807, 2.05) is 6.92 Å². The van der Waals surface area contributed by atoms with Crippen molar-refractivity contribution in [3.63, 3.8) is 0 Å². The number of anilines is 2.